The normalized spacial score (nSPS) is 20.7. The molecule has 2 aliphatic heterocycles. The predicted molar refractivity (Wildman–Crippen MR) is 159 cm³/mol. The lowest BCUT2D eigenvalue weighted by Crippen LogP contribution is -2.45. The van der Waals surface area contributed by atoms with Crippen molar-refractivity contribution < 1.29 is 41.0 Å². The lowest BCUT2D eigenvalue weighted by atomic mass is 9.85. The van der Waals surface area contributed by atoms with Gasteiger partial charge in [-0.05, 0) is 42.2 Å². The minimum atomic E-state index is -4.62. The summed E-state index contributed by atoms with van der Waals surface area (Å²) in [5.41, 5.74) is -3.07. The zero-order valence-corrected chi connectivity index (χ0v) is 25.1. The number of rotatable bonds is 10. The average Bonchev–Trinajstić information content (AvgIpc) is 3.60. The lowest BCUT2D eigenvalue weighted by molar-refractivity contribution is -0.142. The second kappa shape index (κ2) is 13.6. The van der Waals surface area contributed by atoms with Crippen LogP contribution in [0.3, 0.4) is 0 Å². The number of nitrogens with zero attached hydrogens (tertiary/aromatic N) is 5. The lowest BCUT2D eigenvalue weighted by Gasteiger charge is -2.34. The first-order valence-electron chi connectivity index (χ1n) is 15.0. The van der Waals surface area contributed by atoms with Crippen LogP contribution in [-0.4, -0.2) is 76.4 Å². The Bertz CT molecular complexity index is 1670. The van der Waals surface area contributed by atoms with E-state index in [4.69, 9.17) is 6.57 Å². The van der Waals surface area contributed by atoms with Crippen LogP contribution in [0.5, 0.6) is 0 Å². The van der Waals surface area contributed by atoms with Gasteiger partial charge in [0.2, 0.25) is 18.2 Å². The van der Waals surface area contributed by atoms with Gasteiger partial charge in [0.1, 0.15) is 11.6 Å². The van der Waals surface area contributed by atoms with Crippen LogP contribution in [-0.2, 0) is 22.3 Å². The first kappa shape index (κ1) is 33.8. The summed E-state index contributed by atoms with van der Waals surface area (Å²) in [5.74, 6) is -5.97. The molecule has 3 aromatic rings. The van der Waals surface area contributed by atoms with Crippen LogP contribution in [0.15, 0.2) is 48.8 Å². The van der Waals surface area contributed by atoms with Crippen molar-refractivity contribution in [3.8, 4) is 0 Å². The molecule has 250 valence electrons. The molecule has 0 spiro atoms. The van der Waals surface area contributed by atoms with Crippen LogP contribution in [0.25, 0.3) is 4.85 Å². The SMILES string of the molecule is [C-]#[N+]CCCN1C[C@@H](c2ccc(F)cc2F)[C@](F)(C(=O)Nc2nccn2Cc2ccc(C(F)(F)F)cc2N2CCC(C(=O)O)CC2)C1. The van der Waals surface area contributed by atoms with Crippen molar-refractivity contribution in [3.63, 3.8) is 0 Å². The maximum absolute atomic E-state index is 16.8. The Balaban J connectivity index is 1.40. The summed E-state index contributed by atoms with van der Waals surface area (Å²) in [5, 5.41) is 11.8. The number of carbonyl (C=O) groups excluding carboxylic acids is 1. The van der Waals surface area contributed by atoms with Crippen molar-refractivity contribution >= 4 is 23.5 Å². The fourth-order valence-electron chi connectivity index (χ4n) is 6.29. The maximum Gasteiger partial charge on any atom is 0.416 e. The highest BCUT2D eigenvalue weighted by atomic mass is 19.4. The summed E-state index contributed by atoms with van der Waals surface area (Å²) in [7, 11) is 0. The van der Waals surface area contributed by atoms with Crippen LogP contribution in [0.1, 0.15) is 41.9 Å². The number of carbonyl (C=O) groups is 2. The third-order valence-corrected chi connectivity index (χ3v) is 8.79. The fourth-order valence-corrected chi connectivity index (χ4v) is 6.29. The Hall–Kier alpha value is -4.58. The Morgan fingerprint density at radius 1 is 1.13 bits per heavy atom. The maximum atomic E-state index is 16.8. The van der Waals surface area contributed by atoms with Crippen LogP contribution in [0, 0.1) is 24.1 Å². The molecule has 1 amide bonds. The van der Waals surface area contributed by atoms with E-state index in [1.165, 1.54) is 23.0 Å². The monoisotopic (exact) mass is 662 g/mol. The van der Waals surface area contributed by atoms with E-state index in [9.17, 15) is 36.6 Å². The highest BCUT2D eigenvalue weighted by Crippen LogP contribution is 2.41. The number of aromatic nitrogens is 2. The summed E-state index contributed by atoms with van der Waals surface area (Å²) in [4.78, 5) is 35.8. The molecule has 2 atom stereocenters. The van der Waals surface area contributed by atoms with Gasteiger partial charge in [-0.25, -0.2) is 24.7 Å². The van der Waals surface area contributed by atoms with E-state index in [0.29, 0.717) is 18.1 Å². The van der Waals surface area contributed by atoms with Crippen molar-refractivity contribution in [3.05, 3.63) is 88.5 Å². The topological polar surface area (TPSA) is 95.1 Å². The summed E-state index contributed by atoms with van der Waals surface area (Å²) < 4.78 is 87.8. The molecule has 0 aliphatic carbocycles. The minimum absolute atomic E-state index is 0.0631. The number of piperidine rings is 1. The van der Waals surface area contributed by atoms with Gasteiger partial charge < -0.3 is 19.4 Å². The molecular weight excluding hydrogens is 630 g/mol. The molecule has 0 unspecified atom stereocenters. The second-order valence-electron chi connectivity index (χ2n) is 11.8. The van der Waals surface area contributed by atoms with Crippen molar-refractivity contribution in [2.45, 2.75) is 43.6 Å². The molecule has 15 heteroatoms. The van der Waals surface area contributed by atoms with E-state index in [1.54, 1.807) is 9.80 Å². The highest BCUT2D eigenvalue weighted by Gasteiger charge is 2.54. The van der Waals surface area contributed by atoms with Crippen molar-refractivity contribution in [2.24, 2.45) is 5.92 Å². The third-order valence-electron chi connectivity index (χ3n) is 8.79. The molecule has 1 aromatic heterocycles. The van der Waals surface area contributed by atoms with Crippen LogP contribution in [0.4, 0.5) is 38.0 Å². The quantitative estimate of drug-likeness (QED) is 0.167. The molecule has 0 saturated carbocycles. The zero-order chi connectivity index (χ0) is 33.9. The molecule has 0 radical (unpaired) electrons. The van der Waals surface area contributed by atoms with E-state index in [1.807, 2.05) is 0 Å². The summed E-state index contributed by atoms with van der Waals surface area (Å²) in [6, 6.07) is 5.94. The number of amides is 1. The van der Waals surface area contributed by atoms with Gasteiger partial charge in [-0.1, -0.05) is 12.1 Å². The van der Waals surface area contributed by atoms with Gasteiger partial charge >= 0.3 is 12.1 Å². The van der Waals surface area contributed by atoms with Crippen molar-refractivity contribution in [2.75, 3.05) is 49.5 Å². The van der Waals surface area contributed by atoms with Gasteiger partial charge in [0, 0.05) is 69.2 Å². The Morgan fingerprint density at radius 2 is 1.87 bits per heavy atom. The molecule has 2 fully saturated rings. The van der Waals surface area contributed by atoms with E-state index >= 15 is 4.39 Å². The number of anilines is 2. The summed E-state index contributed by atoms with van der Waals surface area (Å²) in [6.45, 7) is 7.32. The number of hydrogen-bond donors (Lipinski definition) is 2. The third kappa shape index (κ3) is 7.38. The molecule has 2 N–H and O–H groups in total. The molecule has 5 rings (SSSR count). The van der Waals surface area contributed by atoms with Crippen LogP contribution >= 0.6 is 0 Å². The van der Waals surface area contributed by atoms with Crippen molar-refractivity contribution in [1.29, 1.82) is 0 Å². The van der Waals surface area contributed by atoms with Crippen LogP contribution < -0.4 is 10.2 Å². The predicted octanol–water partition coefficient (Wildman–Crippen LogP) is 5.58. The summed E-state index contributed by atoms with van der Waals surface area (Å²) in [6.07, 6.45) is -0.941. The molecule has 2 aliphatic rings. The number of hydrogen-bond acceptors (Lipinski definition) is 5. The van der Waals surface area contributed by atoms with E-state index in [2.05, 4.69) is 15.1 Å². The number of carboxylic acid groups (broad SMARTS) is 1. The number of alkyl halides is 4. The smallest absolute Gasteiger partial charge is 0.416 e. The number of carboxylic acids is 1. The van der Waals surface area contributed by atoms with Crippen molar-refractivity contribution in [1.82, 2.24) is 14.5 Å². The zero-order valence-electron chi connectivity index (χ0n) is 25.1. The Labute approximate surface area is 266 Å². The number of likely N-dealkylation sites (tertiary alicyclic amines) is 1. The van der Waals surface area contributed by atoms with Crippen LogP contribution in [0.2, 0.25) is 0 Å². The molecule has 2 saturated heterocycles. The number of benzene rings is 2. The Morgan fingerprint density at radius 3 is 2.53 bits per heavy atom. The molecule has 47 heavy (non-hydrogen) atoms. The highest BCUT2D eigenvalue weighted by molar-refractivity contribution is 5.97. The largest absolute Gasteiger partial charge is 0.481 e. The van der Waals surface area contributed by atoms with E-state index in [-0.39, 0.29) is 69.3 Å². The molecule has 2 aromatic carbocycles. The first-order valence-corrected chi connectivity index (χ1v) is 15.0. The molecular formula is C32H32F6N6O3. The first-order chi connectivity index (χ1) is 22.3. The number of imidazole rings is 1. The van der Waals surface area contributed by atoms with Gasteiger partial charge in [0.15, 0.2) is 0 Å². The van der Waals surface area contributed by atoms with Gasteiger partial charge in [-0.3, -0.25) is 19.8 Å². The van der Waals surface area contributed by atoms with Gasteiger partial charge in [0.25, 0.3) is 5.91 Å². The van der Waals surface area contributed by atoms with E-state index < -0.39 is 59.3 Å². The molecule has 9 nitrogen and oxygen atoms in total. The van der Waals surface area contributed by atoms with Gasteiger partial charge in [-0.15, -0.1) is 0 Å². The number of halogens is 6. The minimum Gasteiger partial charge on any atom is -0.481 e. The average molecular weight is 663 g/mol. The second-order valence-corrected chi connectivity index (χ2v) is 11.8. The fraction of sp³-hybridized carbons (Fsp3) is 0.438. The molecule has 0 bridgehead atoms. The summed E-state index contributed by atoms with van der Waals surface area (Å²) >= 11 is 0. The number of aliphatic carboxylic acids is 1. The van der Waals surface area contributed by atoms with E-state index in [0.717, 1.165) is 24.3 Å². The molecule has 3 heterocycles. The van der Waals surface area contributed by atoms with Gasteiger partial charge in [-0.2, -0.15) is 13.2 Å². The Kier molecular flexibility index (Phi) is 9.81. The van der Waals surface area contributed by atoms with Gasteiger partial charge in [0.05, 0.1) is 18.0 Å². The standard InChI is InChI=1S/C32H32F6N6O3/c1-39-9-2-11-42-18-25(24-6-5-23(33)16-26(24)34)31(35,19-42)29(47)41-30-40-10-14-44(30)17-21-3-4-22(32(36,37)38)15-27(21)43-12-7-20(8-13-43)28(45)46/h3-6,10,14-16,20,25H,2,7-9,11-13,17-19H2,(H,45,46)(H,40,41,47)/t25-,31-/m0/s1. The number of nitrogens with one attached hydrogen (secondary N) is 1.